The summed E-state index contributed by atoms with van der Waals surface area (Å²) in [6, 6.07) is 15.3. The van der Waals surface area contributed by atoms with Crippen LogP contribution in [0.1, 0.15) is 24.2 Å². The molecule has 2 heterocycles. The van der Waals surface area contributed by atoms with Crippen LogP contribution in [0.3, 0.4) is 0 Å². The number of carbonyl (C=O) groups excluding carboxylic acids is 1. The summed E-state index contributed by atoms with van der Waals surface area (Å²) in [4.78, 5) is 18.2. The van der Waals surface area contributed by atoms with E-state index in [0.717, 1.165) is 16.0 Å². The molecular formula is C22H20N2O3S2. The van der Waals surface area contributed by atoms with Crippen LogP contribution in [0.4, 0.5) is 5.13 Å². The van der Waals surface area contributed by atoms with Gasteiger partial charge in [-0.3, -0.25) is 10.1 Å². The van der Waals surface area contributed by atoms with Gasteiger partial charge < -0.3 is 9.15 Å². The molecule has 0 atom stereocenters. The molecule has 0 saturated carbocycles. The second-order valence-corrected chi connectivity index (χ2v) is 8.30. The number of rotatable bonds is 7. The van der Waals surface area contributed by atoms with Gasteiger partial charge >= 0.3 is 0 Å². The molecule has 0 aliphatic carbocycles. The maximum atomic E-state index is 12.7. The highest BCUT2D eigenvalue weighted by atomic mass is 32.2. The summed E-state index contributed by atoms with van der Waals surface area (Å²) >= 11 is 3.02. The number of carbonyl (C=O) groups is 1. The van der Waals surface area contributed by atoms with E-state index in [-0.39, 0.29) is 5.91 Å². The lowest BCUT2D eigenvalue weighted by atomic mass is 10.2. The molecule has 0 unspecified atom stereocenters. The second kappa shape index (κ2) is 8.71. The molecule has 0 aliphatic heterocycles. The summed E-state index contributed by atoms with van der Waals surface area (Å²) in [7, 11) is 0. The normalized spacial score (nSPS) is 11.0. The van der Waals surface area contributed by atoms with Gasteiger partial charge in [0.2, 0.25) is 0 Å². The molecule has 29 heavy (non-hydrogen) atoms. The van der Waals surface area contributed by atoms with Gasteiger partial charge in [-0.25, -0.2) is 4.98 Å². The Balaban J connectivity index is 1.57. The number of amides is 1. The second-order valence-electron chi connectivity index (χ2n) is 6.14. The van der Waals surface area contributed by atoms with Crippen LogP contribution in [0.2, 0.25) is 0 Å². The van der Waals surface area contributed by atoms with Crippen LogP contribution in [-0.2, 0) is 0 Å². The quantitative estimate of drug-likeness (QED) is 0.352. The van der Waals surface area contributed by atoms with Gasteiger partial charge in [0.15, 0.2) is 22.2 Å². The first-order chi connectivity index (χ1) is 14.2. The van der Waals surface area contributed by atoms with Crippen LogP contribution in [0.5, 0.6) is 5.75 Å². The maximum absolute atomic E-state index is 12.7. The van der Waals surface area contributed by atoms with E-state index < -0.39 is 0 Å². The predicted octanol–water partition coefficient (Wildman–Crippen LogP) is 6.32. The van der Waals surface area contributed by atoms with Gasteiger partial charge in [0.05, 0.1) is 12.2 Å². The zero-order chi connectivity index (χ0) is 20.2. The molecule has 0 saturated heterocycles. The molecule has 4 aromatic rings. The first kappa shape index (κ1) is 19.5. The third kappa shape index (κ3) is 4.16. The monoisotopic (exact) mass is 424 g/mol. The number of thioether (sulfide) groups is 1. The molecule has 2 aromatic carbocycles. The lowest BCUT2D eigenvalue weighted by Gasteiger charge is -2.07. The molecule has 0 spiro atoms. The number of nitrogens with zero attached hydrogens (tertiary/aromatic N) is 1. The van der Waals surface area contributed by atoms with Crippen molar-refractivity contribution < 1.29 is 13.9 Å². The van der Waals surface area contributed by atoms with E-state index in [1.165, 1.54) is 11.3 Å². The molecular weight excluding hydrogens is 404 g/mol. The highest BCUT2D eigenvalue weighted by Crippen LogP contribution is 2.34. The van der Waals surface area contributed by atoms with Crippen LogP contribution in [0.15, 0.2) is 63.2 Å². The van der Waals surface area contributed by atoms with Crippen molar-refractivity contribution >= 4 is 45.1 Å². The van der Waals surface area contributed by atoms with E-state index in [9.17, 15) is 4.79 Å². The summed E-state index contributed by atoms with van der Waals surface area (Å²) < 4.78 is 11.6. The fourth-order valence-electron chi connectivity index (χ4n) is 2.98. The minimum absolute atomic E-state index is 0.161. The van der Waals surface area contributed by atoms with Crippen molar-refractivity contribution in [1.82, 2.24) is 4.98 Å². The number of nitrogens with one attached hydrogen (secondary N) is 1. The fraction of sp³-hybridized carbons (Fsp3) is 0.182. The Morgan fingerprint density at radius 1 is 1.21 bits per heavy atom. The number of para-hydroxylation sites is 1. The van der Waals surface area contributed by atoms with E-state index in [4.69, 9.17) is 9.15 Å². The van der Waals surface area contributed by atoms with Crippen LogP contribution >= 0.6 is 23.1 Å². The lowest BCUT2D eigenvalue weighted by Crippen LogP contribution is -2.12. The topological polar surface area (TPSA) is 64.4 Å². The van der Waals surface area contributed by atoms with E-state index in [0.29, 0.717) is 40.1 Å². The van der Waals surface area contributed by atoms with Gasteiger partial charge in [-0.15, -0.1) is 23.1 Å². The van der Waals surface area contributed by atoms with Gasteiger partial charge in [-0.2, -0.15) is 0 Å². The summed E-state index contributed by atoms with van der Waals surface area (Å²) in [6.07, 6.45) is 0. The Morgan fingerprint density at radius 3 is 2.90 bits per heavy atom. The molecule has 148 valence electrons. The molecule has 1 amide bonds. The number of ether oxygens (including phenoxy) is 1. The summed E-state index contributed by atoms with van der Waals surface area (Å²) in [5.41, 5.74) is 2.04. The SMILES string of the molecule is CCOc1cccc2cc(-c3csc(NC(=O)c4ccccc4SCC)n3)oc12. The Kier molecular flexibility index (Phi) is 5.87. The molecule has 5 nitrogen and oxygen atoms in total. The van der Waals surface area contributed by atoms with Crippen molar-refractivity contribution in [3.05, 3.63) is 59.5 Å². The Hall–Kier alpha value is -2.77. The van der Waals surface area contributed by atoms with E-state index in [1.54, 1.807) is 11.8 Å². The minimum atomic E-state index is -0.161. The number of fused-ring (bicyclic) bond motifs is 1. The third-order valence-corrected chi connectivity index (χ3v) is 5.93. The summed E-state index contributed by atoms with van der Waals surface area (Å²) in [6.45, 7) is 4.58. The Morgan fingerprint density at radius 2 is 2.07 bits per heavy atom. The zero-order valence-corrected chi connectivity index (χ0v) is 17.7. The maximum Gasteiger partial charge on any atom is 0.258 e. The molecule has 7 heteroatoms. The van der Waals surface area contributed by atoms with Crippen LogP contribution in [0, 0.1) is 0 Å². The lowest BCUT2D eigenvalue weighted by molar-refractivity contribution is 0.102. The summed E-state index contributed by atoms with van der Waals surface area (Å²) in [5, 5.41) is 6.26. The van der Waals surface area contributed by atoms with Crippen molar-refractivity contribution in [1.29, 1.82) is 0 Å². The van der Waals surface area contributed by atoms with E-state index in [2.05, 4.69) is 17.2 Å². The number of furan rings is 1. The van der Waals surface area contributed by atoms with Gasteiger partial charge in [0.25, 0.3) is 5.91 Å². The number of hydrogen-bond donors (Lipinski definition) is 1. The standard InChI is InChI=1S/C22H20N2O3S2/c1-3-26-17-10-7-8-14-12-18(27-20(14)17)16-13-29-22(23-16)24-21(25)15-9-5-6-11-19(15)28-4-2/h5-13H,3-4H2,1-2H3,(H,23,24,25). The van der Waals surface area contributed by atoms with Gasteiger partial charge in [-0.1, -0.05) is 31.2 Å². The molecule has 0 radical (unpaired) electrons. The fourth-order valence-corrected chi connectivity index (χ4v) is 4.47. The largest absolute Gasteiger partial charge is 0.490 e. The van der Waals surface area contributed by atoms with Crippen molar-refractivity contribution in [3.63, 3.8) is 0 Å². The third-order valence-electron chi connectivity index (χ3n) is 4.22. The molecule has 0 bridgehead atoms. The van der Waals surface area contributed by atoms with Crippen LogP contribution in [0.25, 0.3) is 22.4 Å². The van der Waals surface area contributed by atoms with Crippen LogP contribution in [-0.4, -0.2) is 23.3 Å². The zero-order valence-electron chi connectivity index (χ0n) is 16.1. The first-order valence-corrected chi connectivity index (χ1v) is 11.2. The summed E-state index contributed by atoms with van der Waals surface area (Å²) in [5.74, 6) is 2.10. The average molecular weight is 425 g/mol. The Labute approximate surface area is 177 Å². The average Bonchev–Trinajstić information content (AvgIpc) is 3.36. The smallest absolute Gasteiger partial charge is 0.258 e. The number of hydrogen-bond acceptors (Lipinski definition) is 6. The molecule has 2 aromatic heterocycles. The van der Waals surface area contributed by atoms with Crippen molar-refractivity contribution in [3.8, 4) is 17.2 Å². The molecule has 0 aliphatic rings. The van der Waals surface area contributed by atoms with E-state index >= 15 is 0 Å². The number of thiazole rings is 1. The van der Waals surface area contributed by atoms with Crippen molar-refractivity contribution in [2.24, 2.45) is 0 Å². The number of benzene rings is 2. The molecule has 1 N–H and O–H groups in total. The van der Waals surface area contributed by atoms with Gasteiger partial charge in [-0.05, 0) is 36.9 Å². The van der Waals surface area contributed by atoms with Crippen molar-refractivity contribution in [2.45, 2.75) is 18.7 Å². The van der Waals surface area contributed by atoms with Gasteiger partial charge in [0.1, 0.15) is 5.69 Å². The minimum Gasteiger partial charge on any atom is -0.490 e. The highest BCUT2D eigenvalue weighted by molar-refractivity contribution is 7.99. The Bertz CT molecular complexity index is 1150. The highest BCUT2D eigenvalue weighted by Gasteiger charge is 2.16. The van der Waals surface area contributed by atoms with Gasteiger partial charge in [0, 0.05) is 15.7 Å². The first-order valence-electron chi connectivity index (χ1n) is 9.34. The molecule has 4 rings (SSSR count). The van der Waals surface area contributed by atoms with Crippen LogP contribution < -0.4 is 10.1 Å². The van der Waals surface area contributed by atoms with Crippen molar-refractivity contribution in [2.75, 3.05) is 17.7 Å². The predicted molar refractivity (Wildman–Crippen MR) is 119 cm³/mol. The molecule has 0 fully saturated rings. The number of aromatic nitrogens is 1. The van der Waals surface area contributed by atoms with E-state index in [1.807, 2.05) is 60.8 Å². The number of anilines is 1.